The topological polar surface area (TPSA) is 32.6 Å². The third-order valence-corrected chi connectivity index (χ3v) is 14.8. The van der Waals surface area contributed by atoms with Crippen molar-refractivity contribution in [3.05, 3.63) is 258 Å². The number of aromatic nitrogens is 1. The smallest absolute Gasteiger partial charge is 0.0641 e. The van der Waals surface area contributed by atoms with Crippen molar-refractivity contribution in [2.24, 2.45) is 4.99 Å². The van der Waals surface area contributed by atoms with Crippen molar-refractivity contribution in [3.63, 3.8) is 0 Å². The van der Waals surface area contributed by atoms with E-state index in [1.54, 1.807) is 5.56 Å². The number of hydrogen-bond donors (Lipinski definition) is 1. The van der Waals surface area contributed by atoms with Gasteiger partial charge in [0.15, 0.2) is 0 Å². The highest BCUT2D eigenvalue weighted by molar-refractivity contribution is 6.06. The minimum Gasteiger partial charge on any atom is -0.333 e. The molecule has 0 saturated heterocycles. The maximum Gasteiger partial charge on any atom is 0.0641 e. The van der Waals surface area contributed by atoms with E-state index >= 15 is 0 Å². The van der Waals surface area contributed by atoms with Crippen molar-refractivity contribution in [1.82, 2.24) is 9.88 Å². The quantitative estimate of drug-likeness (QED) is 0.139. The Hall–Kier alpha value is -7.79. The highest BCUT2D eigenvalue weighted by Gasteiger charge is 2.40. The van der Waals surface area contributed by atoms with Crippen LogP contribution in [0.5, 0.6) is 0 Å². The molecule has 12 rings (SSSR count). The zero-order valence-electron chi connectivity index (χ0n) is 39.2. The first-order valence-corrected chi connectivity index (χ1v) is 24.8. The number of nitrogens with zero attached hydrogens (tertiary/aromatic N) is 3. The maximum absolute atomic E-state index is 5.26. The van der Waals surface area contributed by atoms with Crippen molar-refractivity contribution in [1.29, 1.82) is 0 Å². The van der Waals surface area contributed by atoms with Crippen LogP contribution in [0.3, 0.4) is 0 Å². The number of rotatable bonds is 10. The number of benzene rings is 7. The summed E-state index contributed by atoms with van der Waals surface area (Å²) in [6.07, 6.45) is 27.0. The fourth-order valence-corrected chi connectivity index (χ4v) is 11.6. The predicted molar refractivity (Wildman–Crippen MR) is 290 cm³/mol. The van der Waals surface area contributed by atoms with Gasteiger partial charge in [-0.1, -0.05) is 188 Å². The molecular weight excluding hydrogens is 837 g/mol. The van der Waals surface area contributed by atoms with E-state index < -0.39 is 0 Å². The van der Waals surface area contributed by atoms with Gasteiger partial charge in [-0.05, 0) is 126 Å². The number of fused-ring (bicyclic) bond motifs is 8. The van der Waals surface area contributed by atoms with E-state index in [0.717, 1.165) is 36.9 Å². The molecule has 3 unspecified atom stereocenters. The van der Waals surface area contributed by atoms with Crippen LogP contribution in [0.2, 0.25) is 0 Å². The predicted octanol–water partition coefficient (Wildman–Crippen LogP) is 15.8. The van der Waals surface area contributed by atoms with Gasteiger partial charge in [0.2, 0.25) is 0 Å². The summed E-state index contributed by atoms with van der Waals surface area (Å²) in [5.41, 5.74) is 20.3. The summed E-state index contributed by atoms with van der Waals surface area (Å²) in [5, 5.41) is 5.91. The Labute approximate surface area is 406 Å². The van der Waals surface area contributed by atoms with E-state index in [-0.39, 0.29) is 18.0 Å². The molecule has 0 amide bonds. The number of hydrogen-bond acceptors (Lipinski definition) is 3. The third-order valence-electron chi connectivity index (χ3n) is 14.8. The Morgan fingerprint density at radius 3 is 2.12 bits per heavy atom. The first-order chi connectivity index (χ1) is 34.2. The first-order valence-electron chi connectivity index (χ1n) is 24.8. The largest absolute Gasteiger partial charge is 0.333 e. The molecule has 7 aromatic carbocycles. The lowest BCUT2D eigenvalue weighted by molar-refractivity contribution is 0.646. The molecule has 0 bridgehead atoms. The average Bonchev–Trinajstić information content (AvgIpc) is 3.70. The highest BCUT2D eigenvalue weighted by atomic mass is 15.2. The lowest BCUT2D eigenvalue weighted by atomic mass is 9.82. The maximum atomic E-state index is 5.26. The van der Waals surface area contributed by atoms with Crippen LogP contribution < -0.4 is 10.2 Å². The standard InChI is InChI=1S/C65H56N4/c1-66-58(47-23-7-3-8-24-47)43-59(48-25-9-4-10-26-48)67-44-49-39-42-52(54-29-12-11-27-51(49)54)46-37-40-50(41-38-46)68-61-34-18-14-30-55(61)64-56-31-15-19-35-62(56)69(65(64)57-32-16-20-36-63(57)68)60-33-17-13-28-53(60)45-21-5-2-6-22-45/h2-9,11-14,16-18,20-25,27-30,32-34,36-44,55,58,61,66H,10,15,19,26,31,35H2,1H3/b59-43-,67-44?. The van der Waals surface area contributed by atoms with Crippen LogP contribution in [0.1, 0.15) is 65.6 Å². The second-order valence-electron chi connectivity index (χ2n) is 18.7. The minimum atomic E-state index is 0.0444. The molecule has 4 heteroatoms. The second kappa shape index (κ2) is 18.7. The zero-order valence-corrected chi connectivity index (χ0v) is 39.2. The molecule has 69 heavy (non-hydrogen) atoms. The van der Waals surface area contributed by atoms with Gasteiger partial charge in [0, 0.05) is 40.2 Å². The molecular formula is C65H56N4. The van der Waals surface area contributed by atoms with Crippen LogP contribution >= 0.6 is 0 Å². The van der Waals surface area contributed by atoms with E-state index in [4.69, 9.17) is 4.99 Å². The van der Waals surface area contributed by atoms with Gasteiger partial charge in [-0.25, -0.2) is 0 Å². The zero-order chi connectivity index (χ0) is 46.1. The van der Waals surface area contributed by atoms with Gasteiger partial charge in [0.25, 0.3) is 0 Å². The van der Waals surface area contributed by atoms with E-state index in [1.807, 2.05) is 7.05 Å². The van der Waals surface area contributed by atoms with Crippen LogP contribution in [-0.2, 0) is 12.8 Å². The Morgan fingerprint density at radius 1 is 0.623 bits per heavy atom. The fraction of sp³-hybridized carbons (Fsp3) is 0.154. The summed E-state index contributed by atoms with van der Waals surface area (Å²) in [6.45, 7) is 0. The molecule has 4 aliphatic rings. The van der Waals surface area contributed by atoms with E-state index in [0.29, 0.717) is 0 Å². The SMILES string of the molecule is CNC(/C=C(\N=Cc1ccc(-c2ccc(N3c4ccccc4-c4c(c5c(n4-c4ccccc4-c4ccccc4)CCCC5)C4C=CC=CC43)cc2)c2ccccc12)C1=CC=CCC1)c1ccccc1. The summed E-state index contributed by atoms with van der Waals surface area (Å²) in [6, 6.07) is 62.5. The van der Waals surface area contributed by atoms with Gasteiger partial charge in [-0.3, -0.25) is 4.99 Å². The molecule has 0 fully saturated rings. The third kappa shape index (κ3) is 7.85. The van der Waals surface area contributed by atoms with Gasteiger partial charge in [-0.15, -0.1) is 0 Å². The number of nitrogens with one attached hydrogen (secondary N) is 1. The molecule has 4 nitrogen and oxygen atoms in total. The number of likely N-dealkylation sites (N-methyl/N-ethyl adjacent to an activating group) is 1. The molecule has 0 radical (unpaired) electrons. The summed E-state index contributed by atoms with van der Waals surface area (Å²) < 4.78 is 2.67. The summed E-state index contributed by atoms with van der Waals surface area (Å²) in [5.74, 6) is 0.177. The monoisotopic (exact) mass is 892 g/mol. The Balaban J connectivity index is 0.937. The number of para-hydroxylation sites is 2. The molecule has 0 saturated carbocycles. The average molecular weight is 893 g/mol. The summed E-state index contributed by atoms with van der Waals surface area (Å²) in [7, 11) is 2.02. The molecule has 1 N–H and O–H groups in total. The van der Waals surface area contributed by atoms with Gasteiger partial charge in [0.1, 0.15) is 0 Å². The van der Waals surface area contributed by atoms with Crippen LogP contribution in [0.15, 0.2) is 235 Å². The summed E-state index contributed by atoms with van der Waals surface area (Å²) in [4.78, 5) is 7.87. The van der Waals surface area contributed by atoms with Crippen molar-refractivity contribution in [3.8, 4) is 39.2 Å². The number of allylic oxidation sites excluding steroid dienone is 6. The Morgan fingerprint density at radius 2 is 1.32 bits per heavy atom. The molecule has 3 aliphatic carbocycles. The Kier molecular flexibility index (Phi) is 11.5. The van der Waals surface area contributed by atoms with E-state index in [1.165, 1.54) is 96.6 Å². The first kappa shape index (κ1) is 42.6. The number of aliphatic imine (C=N–C) groups is 1. The molecule has 3 atom stereocenters. The van der Waals surface area contributed by atoms with Crippen molar-refractivity contribution >= 4 is 28.4 Å². The van der Waals surface area contributed by atoms with Crippen LogP contribution in [0, 0.1) is 0 Å². The molecule has 0 spiro atoms. The fourth-order valence-electron chi connectivity index (χ4n) is 11.6. The molecule has 2 heterocycles. The lowest BCUT2D eigenvalue weighted by Crippen LogP contribution is -2.34. The van der Waals surface area contributed by atoms with E-state index in [2.05, 4.69) is 239 Å². The molecule has 1 aliphatic heterocycles. The van der Waals surface area contributed by atoms with Crippen LogP contribution in [-0.4, -0.2) is 23.9 Å². The molecule has 1 aromatic heterocycles. The highest BCUT2D eigenvalue weighted by Crippen LogP contribution is 2.53. The van der Waals surface area contributed by atoms with Gasteiger partial charge >= 0.3 is 0 Å². The summed E-state index contributed by atoms with van der Waals surface area (Å²) >= 11 is 0. The van der Waals surface area contributed by atoms with Crippen molar-refractivity contribution < 1.29 is 0 Å². The van der Waals surface area contributed by atoms with Crippen LogP contribution in [0.25, 0.3) is 50.0 Å². The van der Waals surface area contributed by atoms with E-state index in [9.17, 15) is 0 Å². The number of anilines is 2. The Bertz CT molecular complexity index is 3380. The molecule has 8 aromatic rings. The van der Waals surface area contributed by atoms with Crippen molar-refractivity contribution in [2.45, 2.75) is 56.5 Å². The normalized spacial score (nSPS) is 17.8. The van der Waals surface area contributed by atoms with Crippen molar-refractivity contribution in [2.75, 3.05) is 11.9 Å². The van der Waals surface area contributed by atoms with Gasteiger partial charge in [-0.2, -0.15) is 0 Å². The second-order valence-corrected chi connectivity index (χ2v) is 18.7. The molecule has 336 valence electrons. The van der Waals surface area contributed by atoms with Gasteiger partial charge in [0.05, 0.1) is 34.8 Å². The van der Waals surface area contributed by atoms with Gasteiger partial charge < -0.3 is 14.8 Å². The lowest BCUT2D eigenvalue weighted by Gasteiger charge is -2.36. The van der Waals surface area contributed by atoms with Crippen LogP contribution in [0.4, 0.5) is 11.4 Å². The minimum absolute atomic E-state index is 0.0444.